The summed E-state index contributed by atoms with van der Waals surface area (Å²) in [6, 6.07) is 19.5. The van der Waals surface area contributed by atoms with E-state index >= 15 is 0 Å². The maximum absolute atomic E-state index is 5.76. The van der Waals surface area contributed by atoms with Crippen molar-refractivity contribution in [2.45, 2.75) is 25.8 Å². The van der Waals surface area contributed by atoms with Crippen molar-refractivity contribution in [3.63, 3.8) is 0 Å². The molecule has 0 radical (unpaired) electrons. The van der Waals surface area contributed by atoms with Gasteiger partial charge in [-0.05, 0) is 36.5 Å². The van der Waals surface area contributed by atoms with Crippen LogP contribution in [0.4, 0.5) is 0 Å². The predicted octanol–water partition coefficient (Wildman–Crippen LogP) is 3.63. The van der Waals surface area contributed by atoms with Crippen molar-refractivity contribution < 1.29 is 0 Å². The number of hydrogen-bond acceptors (Lipinski definition) is 1. The van der Waals surface area contributed by atoms with Crippen LogP contribution in [0.1, 0.15) is 18.9 Å². The van der Waals surface area contributed by atoms with Crippen LogP contribution < -0.4 is 5.73 Å². The standard InChI is InChI=1S/C16H19N/c1-13(17)7-8-14-9-11-16(12-10-14)15-5-3-2-4-6-15/h2-6,9-13H,7-8,17H2,1H3. The maximum atomic E-state index is 5.76. The Balaban J connectivity index is 2.08. The van der Waals surface area contributed by atoms with Gasteiger partial charge in [-0.2, -0.15) is 0 Å². The van der Waals surface area contributed by atoms with E-state index in [2.05, 4.69) is 55.5 Å². The molecule has 1 nitrogen and oxygen atoms in total. The number of nitrogens with two attached hydrogens (primary N) is 1. The number of rotatable bonds is 4. The van der Waals surface area contributed by atoms with Crippen LogP contribution in [0.15, 0.2) is 54.6 Å². The Morgan fingerprint density at radius 1 is 0.882 bits per heavy atom. The van der Waals surface area contributed by atoms with Gasteiger partial charge in [0.15, 0.2) is 0 Å². The van der Waals surface area contributed by atoms with Crippen LogP contribution in [0, 0.1) is 0 Å². The SMILES string of the molecule is CC(N)CCc1ccc(-c2ccccc2)cc1. The lowest BCUT2D eigenvalue weighted by atomic mass is 10.0. The quantitative estimate of drug-likeness (QED) is 0.844. The summed E-state index contributed by atoms with van der Waals surface area (Å²) in [6.07, 6.45) is 2.11. The van der Waals surface area contributed by atoms with E-state index in [9.17, 15) is 0 Å². The van der Waals surface area contributed by atoms with Crippen molar-refractivity contribution in [1.82, 2.24) is 0 Å². The van der Waals surface area contributed by atoms with Gasteiger partial charge >= 0.3 is 0 Å². The molecule has 0 amide bonds. The van der Waals surface area contributed by atoms with Crippen LogP contribution in [-0.4, -0.2) is 6.04 Å². The molecule has 2 aromatic carbocycles. The second-order valence-corrected chi connectivity index (χ2v) is 4.58. The highest BCUT2D eigenvalue weighted by molar-refractivity contribution is 5.63. The maximum Gasteiger partial charge on any atom is 0.00136 e. The molecule has 0 saturated carbocycles. The van der Waals surface area contributed by atoms with E-state index in [1.807, 2.05) is 6.07 Å². The Morgan fingerprint density at radius 2 is 1.47 bits per heavy atom. The number of aryl methyl sites for hydroxylation is 1. The lowest BCUT2D eigenvalue weighted by Crippen LogP contribution is -2.15. The zero-order chi connectivity index (χ0) is 12.1. The van der Waals surface area contributed by atoms with Gasteiger partial charge in [0.1, 0.15) is 0 Å². The third-order valence-corrected chi connectivity index (χ3v) is 2.95. The van der Waals surface area contributed by atoms with Gasteiger partial charge in [0.05, 0.1) is 0 Å². The summed E-state index contributed by atoms with van der Waals surface area (Å²) < 4.78 is 0. The largest absolute Gasteiger partial charge is 0.328 e. The summed E-state index contributed by atoms with van der Waals surface area (Å²) >= 11 is 0. The minimum absolute atomic E-state index is 0.281. The third kappa shape index (κ3) is 3.43. The normalized spacial score (nSPS) is 12.4. The fourth-order valence-corrected chi connectivity index (χ4v) is 1.89. The molecule has 1 heteroatoms. The molecule has 1 atom stereocenters. The van der Waals surface area contributed by atoms with E-state index in [0.29, 0.717) is 0 Å². The molecule has 0 aliphatic carbocycles. The highest BCUT2D eigenvalue weighted by atomic mass is 14.6. The van der Waals surface area contributed by atoms with Gasteiger partial charge in [-0.15, -0.1) is 0 Å². The van der Waals surface area contributed by atoms with Crippen LogP contribution in [0.25, 0.3) is 11.1 Å². The summed E-state index contributed by atoms with van der Waals surface area (Å²) in [5.41, 5.74) is 9.67. The molecule has 1 unspecified atom stereocenters. The Labute approximate surface area is 103 Å². The molecule has 88 valence electrons. The van der Waals surface area contributed by atoms with E-state index in [1.165, 1.54) is 16.7 Å². The topological polar surface area (TPSA) is 26.0 Å². The zero-order valence-electron chi connectivity index (χ0n) is 10.3. The van der Waals surface area contributed by atoms with Gasteiger partial charge in [-0.3, -0.25) is 0 Å². The molecule has 0 heterocycles. The Morgan fingerprint density at radius 3 is 2.06 bits per heavy atom. The van der Waals surface area contributed by atoms with Crippen molar-refractivity contribution in [2.75, 3.05) is 0 Å². The van der Waals surface area contributed by atoms with Gasteiger partial charge in [-0.1, -0.05) is 54.6 Å². The summed E-state index contributed by atoms with van der Waals surface area (Å²) in [5.74, 6) is 0. The van der Waals surface area contributed by atoms with E-state index in [1.54, 1.807) is 0 Å². The fraction of sp³-hybridized carbons (Fsp3) is 0.250. The minimum Gasteiger partial charge on any atom is -0.328 e. The summed E-state index contributed by atoms with van der Waals surface area (Å²) in [7, 11) is 0. The average molecular weight is 225 g/mol. The molecule has 0 aromatic heterocycles. The molecule has 17 heavy (non-hydrogen) atoms. The summed E-state index contributed by atoms with van der Waals surface area (Å²) in [6.45, 7) is 2.05. The minimum atomic E-state index is 0.281. The monoisotopic (exact) mass is 225 g/mol. The van der Waals surface area contributed by atoms with Crippen LogP contribution >= 0.6 is 0 Å². The van der Waals surface area contributed by atoms with Crippen LogP contribution in [-0.2, 0) is 6.42 Å². The summed E-state index contributed by atoms with van der Waals surface area (Å²) in [5, 5.41) is 0. The Kier molecular flexibility index (Phi) is 3.94. The van der Waals surface area contributed by atoms with Gasteiger partial charge < -0.3 is 5.73 Å². The fourth-order valence-electron chi connectivity index (χ4n) is 1.89. The first-order chi connectivity index (χ1) is 8.25. The smallest absolute Gasteiger partial charge is 0.00136 e. The lowest BCUT2D eigenvalue weighted by molar-refractivity contribution is 0.666. The van der Waals surface area contributed by atoms with Crippen molar-refractivity contribution in [2.24, 2.45) is 5.73 Å². The first-order valence-electron chi connectivity index (χ1n) is 6.15. The van der Waals surface area contributed by atoms with E-state index < -0.39 is 0 Å². The van der Waals surface area contributed by atoms with Gasteiger partial charge in [0.2, 0.25) is 0 Å². The second-order valence-electron chi connectivity index (χ2n) is 4.58. The highest BCUT2D eigenvalue weighted by Gasteiger charge is 1.99. The van der Waals surface area contributed by atoms with Crippen LogP contribution in [0.3, 0.4) is 0 Å². The third-order valence-electron chi connectivity index (χ3n) is 2.95. The lowest BCUT2D eigenvalue weighted by Gasteiger charge is -2.06. The van der Waals surface area contributed by atoms with E-state index in [4.69, 9.17) is 5.73 Å². The molecule has 0 saturated heterocycles. The average Bonchev–Trinajstić information content (AvgIpc) is 2.38. The van der Waals surface area contributed by atoms with E-state index in [0.717, 1.165) is 12.8 Å². The highest BCUT2D eigenvalue weighted by Crippen LogP contribution is 2.19. The molecular formula is C16H19N. The first-order valence-corrected chi connectivity index (χ1v) is 6.15. The molecule has 0 aliphatic rings. The molecule has 2 rings (SSSR count). The molecule has 0 aliphatic heterocycles. The zero-order valence-corrected chi connectivity index (χ0v) is 10.3. The molecule has 0 fully saturated rings. The number of benzene rings is 2. The first kappa shape index (κ1) is 11.9. The second kappa shape index (κ2) is 5.65. The van der Waals surface area contributed by atoms with Crippen molar-refractivity contribution >= 4 is 0 Å². The van der Waals surface area contributed by atoms with Crippen molar-refractivity contribution in [1.29, 1.82) is 0 Å². The van der Waals surface area contributed by atoms with Crippen molar-refractivity contribution in [3.8, 4) is 11.1 Å². The summed E-state index contributed by atoms with van der Waals surface area (Å²) in [4.78, 5) is 0. The van der Waals surface area contributed by atoms with Gasteiger partial charge in [0.25, 0.3) is 0 Å². The molecule has 0 spiro atoms. The van der Waals surface area contributed by atoms with E-state index in [-0.39, 0.29) is 6.04 Å². The molecule has 2 aromatic rings. The van der Waals surface area contributed by atoms with Crippen LogP contribution in [0.2, 0.25) is 0 Å². The Bertz CT molecular complexity index is 443. The predicted molar refractivity (Wildman–Crippen MR) is 73.8 cm³/mol. The molecular weight excluding hydrogens is 206 g/mol. The van der Waals surface area contributed by atoms with Gasteiger partial charge in [0, 0.05) is 6.04 Å². The Hall–Kier alpha value is -1.60. The molecule has 0 bridgehead atoms. The van der Waals surface area contributed by atoms with Crippen LogP contribution in [0.5, 0.6) is 0 Å². The number of hydrogen-bond donors (Lipinski definition) is 1. The van der Waals surface area contributed by atoms with Crippen molar-refractivity contribution in [3.05, 3.63) is 60.2 Å². The van der Waals surface area contributed by atoms with Gasteiger partial charge in [-0.25, -0.2) is 0 Å². The molecule has 2 N–H and O–H groups in total.